The molecule has 3 aliphatic carbocycles. The van der Waals surface area contributed by atoms with E-state index in [9.17, 15) is 0 Å². The molecule has 79 heavy (non-hydrogen) atoms. The van der Waals surface area contributed by atoms with Crippen LogP contribution in [0.1, 0.15) is 166 Å². The first-order valence-corrected chi connectivity index (χ1v) is 29.6. The Morgan fingerprint density at radius 1 is 0.430 bits per heavy atom. The van der Waals surface area contributed by atoms with E-state index in [1.54, 1.807) is 0 Å². The predicted molar refractivity (Wildman–Crippen MR) is 337 cm³/mol. The molecule has 0 atom stereocenters. The molecule has 9 aromatic rings. The van der Waals surface area contributed by atoms with Crippen molar-refractivity contribution in [2.75, 3.05) is 14.6 Å². The molecule has 0 unspecified atom stereocenters. The van der Waals surface area contributed by atoms with Crippen LogP contribution in [-0.2, 0) is 32.5 Å². The highest BCUT2D eigenvalue weighted by Crippen LogP contribution is 2.57. The Kier molecular flexibility index (Phi) is 10.7. The SMILES string of the molecule is Cc1ccccc1N(c1cc2c3c(c1)N(c1ccc4c(c1)C(C)(C)CCC4(C)C)c1cc4c(cc1B3N(c1ccc3c(c1)C(C)(C)CCC3(C)C)c1c-2ccc2oc3ccccc3c12)C(C)(C)CCC4(C)C)c1ccccc1C. The molecule has 0 fully saturated rings. The third-order valence-corrected chi connectivity index (χ3v) is 20.7. The maximum absolute atomic E-state index is 6.95. The van der Waals surface area contributed by atoms with Gasteiger partial charge in [0.05, 0.1) is 5.39 Å². The lowest BCUT2D eigenvalue weighted by Crippen LogP contribution is -2.62. The number of hydrogen-bond acceptors (Lipinski definition) is 4. The van der Waals surface area contributed by atoms with Crippen molar-refractivity contribution in [3.05, 3.63) is 190 Å². The molecule has 0 bridgehead atoms. The molecule has 0 amide bonds. The van der Waals surface area contributed by atoms with Crippen LogP contribution in [0.3, 0.4) is 0 Å². The predicted octanol–water partition coefficient (Wildman–Crippen LogP) is 19.4. The first-order valence-electron chi connectivity index (χ1n) is 29.6. The van der Waals surface area contributed by atoms with Crippen LogP contribution >= 0.6 is 0 Å². The molecule has 0 saturated heterocycles. The van der Waals surface area contributed by atoms with Crippen molar-refractivity contribution in [3.63, 3.8) is 0 Å². The van der Waals surface area contributed by atoms with E-state index in [2.05, 4.69) is 257 Å². The summed E-state index contributed by atoms with van der Waals surface area (Å²) in [5, 5.41) is 2.31. The average molecular weight is 1040 g/mol. The van der Waals surface area contributed by atoms with E-state index in [0.717, 1.165) is 47.9 Å². The maximum Gasteiger partial charge on any atom is 0.333 e. The fourth-order valence-corrected chi connectivity index (χ4v) is 15.5. The smallest absolute Gasteiger partial charge is 0.333 e. The number of para-hydroxylation sites is 3. The van der Waals surface area contributed by atoms with Gasteiger partial charge in [-0.1, -0.05) is 156 Å². The second-order valence-corrected chi connectivity index (χ2v) is 28.6. The van der Waals surface area contributed by atoms with Crippen molar-refractivity contribution in [1.82, 2.24) is 0 Å². The molecule has 0 spiro atoms. The Bertz CT molecular complexity index is 4000. The van der Waals surface area contributed by atoms with Gasteiger partial charge in [-0.25, -0.2) is 0 Å². The molecule has 14 rings (SSSR count). The van der Waals surface area contributed by atoms with Crippen LogP contribution in [0.15, 0.2) is 150 Å². The minimum Gasteiger partial charge on any atom is -0.456 e. The molecule has 0 radical (unpaired) electrons. The molecule has 5 aliphatic rings. The average Bonchev–Trinajstić information content (AvgIpc) is 2.57. The Morgan fingerprint density at radius 2 is 0.924 bits per heavy atom. The molecule has 398 valence electrons. The Balaban J connectivity index is 1.18. The minimum atomic E-state index is -0.195. The zero-order chi connectivity index (χ0) is 55.1. The van der Waals surface area contributed by atoms with E-state index in [1.807, 2.05) is 0 Å². The Morgan fingerprint density at radius 3 is 1.51 bits per heavy atom. The van der Waals surface area contributed by atoms with E-state index < -0.39 is 0 Å². The van der Waals surface area contributed by atoms with Crippen molar-refractivity contribution < 1.29 is 4.42 Å². The van der Waals surface area contributed by atoms with Crippen molar-refractivity contribution in [3.8, 4) is 11.1 Å². The van der Waals surface area contributed by atoms with Gasteiger partial charge in [-0.15, -0.1) is 0 Å². The number of rotatable bonds is 5. The fraction of sp³-hybridized carbons (Fsp3) is 0.351. The summed E-state index contributed by atoms with van der Waals surface area (Å²) in [6.45, 7) is 34.1. The van der Waals surface area contributed by atoms with Crippen LogP contribution in [-0.4, -0.2) is 6.85 Å². The van der Waals surface area contributed by atoms with Crippen LogP contribution in [0.4, 0.5) is 45.5 Å². The number of aryl methyl sites for hydroxylation is 2. The summed E-state index contributed by atoms with van der Waals surface area (Å²) in [7, 11) is 0. The highest BCUT2D eigenvalue weighted by molar-refractivity contribution is 6.94. The number of anilines is 8. The van der Waals surface area contributed by atoms with Crippen LogP contribution in [0.5, 0.6) is 0 Å². The standard InChI is InChI=1S/C74H78BN3O/c1-45-21-15-18-24-60(45)77(61-25-19-16-22-46(61)2)49-39-52-50-29-32-65-66(51-23-17-20-26-64(51)79-65)68(50)78(48-28-31-54-56(41-48)72(9,10)36-34-70(54,5)6)75-59-43-57-58(74(13,14)38-37-73(57,11)12)44-62(59)76(63(42-49)67(52)75)47-27-30-53-55(40-47)71(7,8)35-33-69(53,3)4/h15-32,39-44H,33-38H2,1-14H3. The Labute approximate surface area is 471 Å². The third-order valence-electron chi connectivity index (χ3n) is 20.7. The molecular weight excluding hydrogens is 958 g/mol. The zero-order valence-electron chi connectivity index (χ0n) is 49.4. The number of furan rings is 1. The fourth-order valence-electron chi connectivity index (χ4n) is 15.5. The minimum absolute atomic E-state index is 0.00509. The number of fused-ring (bicyclic) bond motifs is 11. The van der Waals surface area contributed by atoms with Gasteiger partial charge in [0, 0.05) is 56.4 Å². The molecular formula is C74H78BN3O. The topological polar surface area (TPSA) is 22.9 Å². The van der Waals surface area contributed by atoms with E-state index >= 15 is 0 Å². The van der Waals surface area contributed by atoms with Gasteiger partial charge in [0.15, 0.2) is 0 Å². The molecule has 5 heteroatoms. The summed E-state index contributed by atoms with van der Waals surface area (Å²) in [6.07, 6.45) is 6.91. The van der Waals surface area contributed by atoms with E-state index in [-0.39, 0.29) is 39.3 Å². The normalized spacial score (nSPS) is 19.2. The summed E-state index contributed by atoms with van der Waals surface area (Å²) >= 11 is 0. The Hall–Kier alpha value is -6.98. The highest BCUT2D eigenvalue weighted by atomic mass is 16.3. The van der Waals surface area contributed by atoms with E-state index in [0.29, 0.717) is 0 Å². The lowest BCUT2D eigenvalue weighted by Gasteiger charge is -2.49. The van der Waals surface area contributed by atoms with E-state index in [1.165, 1.54) is 125 Å². The lowest BCUT2D eigenvalue weighted by atomic mass is 9.42. The molecule has 1 aromatic heterocycles. The molecule has 0 saturated carbocycles. The van der Waals surface area contributed by atoms with Gasteiger partial charge in [-0.3, -0.25) is 0 Å². The van der Waals surface area contributed by atoms with Gasteiger partial charge < -0.3 is 19.0 Å². The van der Waals surface area contributed by atoms with Gasteiger partial charge in [-0.2, -0.15) is 0 Å². The monoisotopic (exact) mass is 1040 g/mol. The van der Waals surface area contributed by atoms with Crippen LogP contribution in [0, 0.1) is 13.8 Å². The van der Waals surface area contributed by atoms with Gasteiger partial charge in [0.2, 0.25) is 0 Å². The second-order valence-electron chi connectivity index (χ2n) is 28.6. The largest absolute Gasteiger partial charge is 0.456 e. The zero-order valence-corrected chi connectivity index (χ0v) is 49.4. The van der Waals surface area contributed by atoms with Crippen LogP contribution < -0.4 is 25.5 Å². The van der Waals surface area contributed by atoms with Gasteiger partial charge in [0.1, 0.15) is 11.2 Å². The van der Waals surface area contributed by atoms with Gasteiger partial charge in [0.25, 0.3) is 0 Å². The van der Waals surface area contributed by atoms with Gasteiger partial charge >= 0.3 is 6.85 Å². The summed E-state index contributed by atoms with van der Waals surface area (Å²) in [6, 6.07) is 57.0. The van der Waals surface area contributed by atoms with Crippen LogP contribution in [0.2, 0.25) is 0 Å². The lowest BCUT2D eigenvalue weighted by molar-refractivity contribution is 0.332. The third kappa shape index (κ3) is 7.39. The van der Waals surface area contributed by atoms with Crippen molar-refractivity contribution >= 4 is 85.2 Å². The summed E-state index contributed by atoms with van der Waals surface area (Å²) in [5.74, 6) is 0. The van der Waals surface area contributed by atoms with Crippen molar-refractivity contribution in [1.29, 1.82) is 0 Å². The molecule has 8 aromatic carbocycles. The first kappa shape index (κ1) is 50.3. The number of benzene rings is 8. The maximum atomic E-state index is 6.95. The highest BCUT2D eigenvalue weighted by Gasteiger charge is 2.50. The second kappa shape index (κ2) is 16.8. The molecule has 2 aliphatic heterocycles. The molecule has 4 nitrogen and oxygen atoms in total. The summed E-state index contributed by atoms with van der Waals surface area (Å²) in [5.41, 5.74) is 28.1. The number of hydrogen-bond donors (Lipinski definition) is 0. The van der Waals surface area contributed by atoms with Crippen molar-refractivity contribution in [2.24, 2.45) is 0 Å². The first-order chi connectivity index (χ1) is 37.5. The summed E-state index contributed by atoms with van der Waals surface area (Å²) in [4.78, 5) is 8.07. The number of nitrogens with zero attached hydrogens (tertiary/aromatic N) is 3. The quantitative estimate of drug-likeness (QED) is 0.160. The van der Waals surface area contributed by atoms with Gasteiger partial charge in [-0.05, 0) is 219 Å². The molecule has 0 N–H and O–H groups in total. The van der Waals surface area contributed by atoms with E-state index in [4.69, 9.17) is 4.42 Å². The van der Waals surface area contributed by atoms with Crippen LogP contribution in [0.25, 0.3) is 33.1 Å². The molecule has 3 heterocycles. The summed E-state index contributed by atoms with van der Waals surface area (Å²) < 4.78 is 6.95. The van der Waals surface area contributed by atoms with Crippen molar-refractivity contribution in [2.45, 2.75) is 168 Å².